The van der Waals surface area contributed by atoms with Gasteiger partial charge in [0.05, 0.1) is 0 Å². The van der Waals surface area contributed by atoms with Crippen molar-refractivity contribution in [2.24, 2.45) is 11.3 Å². The van der Waals surface area contributed by atoms with Crippen molar-refractivity contribution in [3.63, 3.8) is 0 Å². The van der Waals surface area contributed by atoms with Gasteiger partial charge in [-0.1, -0.05) is 84.4 Å². The molecule has 0 saturated carbocycles. The van der Waals surface area contributed by atoms with Crippen LogP contribution in [0, 0.1) is 11.3 Å². The van der Waals surface area contributed by atoms with Gasteiger partial charge in [0.25, 0.3) is 0 Å². The van der Waals surface area contributed by atoms with E-state index in [0.717, 1.165) is 0 Å². The minimum Gasteiger partial charge on any atom is -0.103 e. The molecule has 0 saturated heterocycles. The fourth-order valence-electron chi connectivity index (χ4n) is 2.66. The Morgan fingerprint density at radius 3 is 1.84 bits per heavy atom. The van der Waals surface area contributed by atoms with Gasteiger partial charge in [0.1, 0.15) is 0 Å². The summed E-state index contributed by atoms with van der Waals surface area (Å²) in [5, 5.41) is 0. The molecule has 0 nitrogen and oxygen atoms in total. The van der Waals surface area contributed by atoms with E-state index in [4.69, 9.17) is 0 Å². The third-order valence-electron chi connectivity index (χ3n) is 4.82. The largest absolute Gasteiger partial charge is 0.103 e. The van der Waals surface area contributed by atoms with E-state index in [2.05, 4.69) is 78.5 Å². The molecule has 0 N–H and O–H groups in total. The lowest BCUT2D eigenvalue weighted by Crippen LogP contribution is -2.43. The fourth-order valence-corrected chi connectivity index (χ4v) is 2.66. The number of allylic oxidation sites excluding steroid dienone is 1. The first-order valence-corrected chi connectivity index (χ1v) is 7.40. The Balaban J connectivity index is 0.000000982. The van der Waals surface area contributed by atoms with E-state index in [0.29, 0.717) is 11.3 Å². The van der Waals surface area contributed by atoms with Gasteiger partial charge in [-0.2, -0.15) is 0 Å². The van der Waals surface area contributed by atoms with Crippen LogP contribution >= 0.6 is 0 Å². The second kappa shape index (κ2) is 7.53. The monoisotopic (exact) mass is 260 g/mol. The molecule has 1 unspecified atom stereocenters. The third kappa shape index (κ3) is 3.96. The molecule has 0 amide bonds. The van der Waals surface area contributed by atoms with Crippen LogP contribution in [0.5, 0.6) is 0 Å². The molecule has 0 aliphatic heterocycles. The van der Waals surface area contributed by atoms with Crippen molar-refractivity contribution < 1.29 is 0 Å². The molecule has 0 aliphatic rings. The summed E-state index contributed by atoms with van der Waals surface area (Å²) < 4.78 is 0. The first-order chi connectivity index (χ1) is 8.77. The molecular weight excluding hydrogens is 228 g/mol. The summed E-state index contributed by atoms with van der Waals surface area (Å²) in [4.78, 5) is 0. The summed E-state index contributed by atoms with van der Waals surface area (Å²) in [7, 11) is 0. The SMILES string of the molecule is C=CC.CCC(C)(C)C(C)(c1ccccc1)C(C)C. The summed E-state index contributed by atoms with van der Waals surface area (Å²) >= 11 is 0. The summed E-state index contributed by atoms with van der Waals surface area (Å²) in [5.74, 6) is 0.643. The smallest absolute Gasteiger partial charge is 0.000131 e. The summed E-state index contributed by atoms with van der Waals surface area (Å²) in [6.07, 6.45) is 2.95. The van der Waals surface area contributed by atoms with Gasteiger partial charge >= 0.3 is 0 Å². The molecule has 0 fully saturated rings. The Labute approximate surface area is 120 Å². The fraction of sp³-hybridized carbons (Fsp3) is 0.579. The molecule has 0 bridgehead atoms. The average Bonchev–Trinajstić information content (AvgIpc) is 2.39. The van der Waals surface area contributed by atoms with Crippen LogP contribution in [0.2, 0.25) is 0 Å². The van der Waals surface area contributed by atoms with Crippen LogP contribution in [-0.4, -0.2) is 0 Å². The van der Waals surface area contributed by atoms with Gasteiger partial charge in [0.15, 0.2) is 0 Å². The zero-order chi connectivity index (χ0) is 15.1. The number of benzene rings is 1. The normalized spacial score (nSPS) is 14.3. The van der Waals surface area contributed by atoms with Crippen molar-refractivity contribution >= 4 is 0 Å². The Morgan fingerprint density at radius 2 is 1.53 bits per heavy atom. The van der Waals surface area contributed by atoms with Crippen LogP contribution in [0.15, 0.2) is 43.0 Å². The lowest BCUT2D eigenvalue weighted by molar-refractivity contribution is 0.116. The first kappa shape index (κ1) is 18.0. The highest BCUT2D eigenvalue weighted by molar-refractivity contribution is 5.28. The Kier molecular flexibility index (Phi) is 7.11. The molecule has 0 aromatic heterocycles. The highest BCUT2D eigenvalue weighted by Crippen LogP contribution is 2.48. The third-order valence-corrected chi connectivity index (χ3v) is 4.82. The van der Waals surface area contributed by atoms with Gasteiger partial charge < -0.3 is 0 Å². The van der Waals surface area contributed by atoms with Crippen molar-refractivity contribution in [1.82, 2.24) is 0 Å². The molecule has 0 heteroatoms. The molecule has 1 atom stereocenters. The van der Waals surface area contributed by atoms with Crippen LogP contribution in [0.4, 0.5) is 0 Å². The van der Waals surface area contributed by atoms with E-state index >= 15 is 0 Å². The molecule has 0 spiro atoms. The molecule has 0 aliphatic carbocycles. The molecule has 0 heterocycles. The second-order valence-corrected chi connectivity index (χ2v) is 6.37. The van der Waals surface area contributed by atoms with Gasteiger partial charge in [-0.3, -0.25) is 0 Å². The molecular formula is C19H32. The number of hydrogen-bond acceptors (Lipinski definition) is 0. The molecule has 1 aromatic rings. The quantitative estimate of drug-likeness (QED) is 0.563. The van der Waals surface area contributed by atoms with Crippen molar-refractivity contribution in [2.75, 3.05) is 0 Å². The number of rotatable bonds is 4. The zero-order valence-corrected chi connectivity index (χ0v) is 14.0. The van der Waals surface area contributed by atoms with E-state index < -0.39 is 0 Å². The summed E-state index contributed by atoms with van der Waals surface area (Å²) in [6.45, 7) is 19.4. The van der Waals surface area contributed by atoms with Crippen LogP contribution < -0.4 is 0 Å². The van der Waals surface area contributed by atoms with Crippen LogP contribution in [0.1, 0.15) is 60.5 Å². The molecule has 108 valence electrons. The standard InChI is InChI=1S/C16H26.C3H6/c1-7-15(4,5)16(6,13(2)3)14-11-9-8-10-12-14;1-3-2/h8-13H,7H2,1-6H3;3H,1H2,2H3. The van der Waals surface area contributed by atoms with Crippen molar-refractivity contribution in [3.05, 3.63) is 48.6 Å². The lowest BCUT2D eigenvalue weighted by atomic mass is 9.56. The van der Waals surface area contributed by atoms with Crippen LogP contribution in [0.25, 0.3) is 0 Å². The maximum absolute atomic E-state index is 3.36. The van der Waals surface area contributed by atoms with E-state index in [1.54, 1.807) is 6.08 Å². The molecule has 1 rings (SSSR count). The molecule has 0 radical (unpaired) electrons. The molecule has 19 heavy (non-hydrogen) atoms. The van der Waals surface area contributed by atoms with Gasteiger partial charge in [0, 0.05) is 0 Å². The first-order valence-electron chi connectivity index (χ1n) is 7.40. The van der Waals surface area contributed by atoms with Gasteiger partial charge in [0.2, 0.25) is 0 Å². The highest BCUT2D eigenvalue weighted by Gasteiger charge is 2.43. The Morgan fingerprint density at radius 1 is 1.11 bits per heavy atom. The predicted molar refractivity (Wildman–Crippen MR) is 88.6 cm³/mol. The van der Waals surface area contributed by atoms with Gasteiger partial charge in [-0.15, -0.1) is 6.58 Å². The van der Waals surface area contributed by atoms with Gasteiger partial charge in [-0.05, 0) is 29.2 Å². The van der Waals surface area contributed by atoms with Crippen LogP contribution in [0.3, 0.4) is 0 Å². The highest BCUT2D eigenvalue weighted by atomic mass is 14.5. The van der Waals surface area contributed by atoms with Crippen molar-refractivity contribution in [2.45, 2.75) is 60.3 Å². The molecule has 1 aromatic carbocycles. The van der Waals surface area contributed by atoms with E-state index in [-0.39, 0.29) is 5.41 Å². The average molecular weight is 260 g/mol. The van der Waals surface area contributed by atoms with E-state index in [1.165, 1.54) is 12.0 Å². The lowest BCUT2D eigenvalue weighted by Gasteiger charge is -2.48. The van der Waals surface area contributed by atoms with Crippen molar-refractivity contribution in [3.8, 4) is 0 Å². The van der Waals surface area contributed by atoms with E-state index in [9.17, 15) is 0 Å². The number of hydrogen-bond donors (Lipinski definition) is 0. The van der Waals surface area contributed by atoms with Gasteiger partial charge in [-0.25, -0.2) is 0 Å². The second-order valence-electron chi connectivity index (χ2n) is 6.37. The minimum atomic E-state index is 0.239. The summed E-state index contributed by atoms with van der Waals surface area (Å²) in [6, 6.07) is 11.0. The maximum atomic E-state index is 3.36. The van der Waals surface area contributed by atoms with Crippen LogP contribution in [-0.2, 0) is 5.41 Å². The predicted octanol–water partition coefficient (Wildman–Crippen LogP) is 6.23. The van der Waals surface area contributed by atoms with Crippen molar-refractivity contribution in [1.29, 1.82) is 0 Å². The minimum absolute atomic E-state index is 0.239. The Bertz CT molecular complexity index is 359. The summed E-state index contributed by atoms with van der Waals surface area (Å²) in [5.41, 5.74) is 2.03. The maximum Gasteiger partial charge on any atom is -0.000131 e. The topological polar surface area (TPSA) is 0 Å². The van der Waals surface area contributed by atoms with E-state index in [1.807, 2.05) is 6.92 Å². The zero-order valence-electron chi connectivity index (χ0n) is 14.0. The Hall–Kier alpha value is -1.04.